The predicted molar refractivity (Wildman–Crippen MR) is 241 cm³/mol. The van der Waals surface area contributed by atoms with E-state index in [9.17, 15) is 0 Å². The van der Waals surface area contributed by atoms with E-state index in [0.717, 1.165) is 51.3 Å². The van der Waals surface area contributed by atoms with Crippen LogP contribution in [0.2, 0.25) is 0 Å². The molecule has 3 aliphatic carbocycles. The zero-order valence-electron chi connectivity index (χ0n) is 31.3. The molecule has 2 heterocycles. The van der Waals surface area contributed by atoms with Gasteiger partial charge in [0, 0.05) is 38.4 Å². The minimum Gasteiger partial charge on any atom is -0.227 e. The number of aromatic nitrogens is 2. The van der Waals surface area contributed by atoms with Crippen molar-refractivity contribution in [1.29, 1.82) is 0 Å². The molecule has 0 radical (unpaired) electrons. The van der Waals surface area contributed by atoms with Crippen molar-refractivity contribution >= 4 is 42.8 Å². The van der Waals surface area contributed by atoms with Crippen LogP contribution in [0.25, 0.3) is 76.3 Å². The van der Waals surface area contributed by atoms with Crippen molar-refractivity contribution in [1.82, 2.24) is 9.97 Å². The van der Waals surface area contributed by atoms with E-state index in [0.29, 0.717) is 5.92 Å². The summed E-state index contributed by atoms with van der Waals surface area (Å²) in [5.41, 5.74) is 15.3. The Morgan fingerprint density at radius 1 is 0.544 bits per heavy atom. The fraction of sp³-hybridized carbons (Fsp3) is 0.0741. The summed E-state index contributed by atoms with van der Waals surface area (Å²) in [6.45, 7) is 0. The number of hydrogen-bond acceptors (Lipinski definition) is 3. The summed E-state index contributed by atoms with van der Waals surface area (Å²) in [6.07, 6.45) is 20.6. The molecule has 3 aliphatic rings. The molecule has 6 aromatic carbocycles. The molecule has 3 heteroatoms. The van der Waals surface area contributed by atoms with Crippen LogP contribution in [0.15, 0.2) is 194 Å². The van der Waals surface area contributed by atoms with Crippen LogP contribution >= 0.6 is 11.3 Å². The van der Waals surface area contributed by atoms with E-state index in [2.05, 4.69) is 194 Å². The van der Waals surface area contributed by atoms with E-state index in [1.807, 2.05) is 0 Å². The number of hydrogen-bond donors (Lipinski definition) is 0. The molecule has 0 N–H and O–H groups in total. The Hall–Kier alpha value is -6.68. The molecule has 0 bridgehead atoms. The summed E-state index contributed by atoms with van der Waals surface area (Å²) in [4.78, 5) is 11.9. The molecule has 2 aromatic heterocycles. The number of benzene rings is 6. The summed E-state index contributed by atoms with van der Waals surface area (Å²) in [5.74, 6) is 1.34. The van der Waals surface area contributed by atoms with Crippen LogP contribution in [-0.2, 0) is 0 Å². The second kappa shape index (κ2) is 14.1. The Kier molecular flexibility index (Phi) is 8.33. The summed E-state index contributed by atoms with van der Waals surface area (Å²) >= 11 is 1.74. The van der Waals surface area contributed by atoms with E-state index in [1.54, 1.807) is 11.3 Å². The van der Waals surface area contributed by atoms with Gasteiger partial charge in [0.15, 0.2) is 5.82 Å². The van der Waals surface area contributed by atoms with Gasteiger partial charge in [-0.15, -0.1) is 11.3 Å². The molecule has 0 saturated heterocycles. The van der Waals surface area contributed by atoms with Crippen molar-refractivity contribution in [3.63, 3.8) is 0 Å². The highest BCUT2D eigenvalue weighted by Gasteiger charge is 2.29. The number of fused-ring (bicyclic) bond motifs is 6. The molecular weight excluding hydrogens is 709 g/mol. The van der Waals surface area contributed by atoms with E-state index < -0.39 is 0 Å². The quantitative estimate of drug-likeness (QED) is 0.169. The molecule has 0 spiro atoms. The van der Waals surface area contributed by atoms with Crippen LogP contribution in [0.1, 0.15) is 41.0 Å². The van der Waals surface area contributed by atoms with Crippen molar-refractivity contribution in [2.24, 2.45) is 5.92 Å². The number of thiophene rings is 1. The lowest BCUT2D eigenvalue weighted by Gasteiger charge is -2.31. The standard InChI is InChI=1S/C54H38N2S/c1-4-16-35(17-5-1)39-28-40(36-18-6-2-7-19-36)30-41(29-39)42-31-43(49-34-38-22-10-11-23-45(38)46-24-12-13-25-47(46)49)33-44(32-42)53-55-52(37-20-8-3-9-21-37)51-48-26-14-15-27-50(48)57-54(51)56-53/h1,3-6,8-34,38,45H,2,7H2. The first kappa shape index (κ1) is 33.6. The number of rotatable bonds is 6. The SMILES string of the molecule is C1=CC2C=C(c3cc(-c4cc(C5=CCCC=C5)cc(-c5ccccc5)c4)cc(-c4nc(-c5ccccc5)c5c(n4)sc4ccccc45)c3)c3ccccc3C2C=C1. The predicted octanol–water partition coefficient (Wildman–Crippen LogP) is 14.5. The van der Waals surface area contributed by atoms with Gasteiger partial charge in [0.1, 0.15) is 4.83 Å². The molecule has 11 rings (SSSR count). The zero-order chi connectivity index (χ0) is 37.7. The first-order chi connectivity index (χ1) is 28.2. The third kappa shape index (κ3) is 6.12. The van der Waals surface area contributed by atoms with Crippen LogP contribution < -0.4 is 0 Å². The smallest absolute Gasteiger partial charge is 0.161 e. The van der Waals surface area contributed by atoms with Crippen LogP contribution in [0.3, 0.4) is 0 Å². The highest BCUT2D eigenvalue weighted by atomic mass is 32.1. The third-order valence-corrected chi connectivity index (χ3v) is 12.7. The van der Waals surface area contributed by atoms with Gasteiger partial charge in [-0.1, -0.05) is 152 Å². The Morgan fingerprint density at radius 3 is 2.04 bits per heavy atom. The summed E-state index contributed by atoms with van der Waals surface area (Å²) < 4.78 is 1.22. The Balaban J connectivity index is 1.18. The van der Waals surface area contributed by atoms with Crippen LogP contribution in [0.5, 0.6) is 0 Å². The van der Waals surface area contributed by atoms with E-state index >= 15 is 0 Å². The fourth-order valence-corrected chi connectivity index (χ4v) is 9.96. The zero-order valence-corrected chi connectivity index (χ0v) is 32.2. The molecule has 2 atom stereocenters. The van der Waals surface area contributed by atoms with Gasteiger partial charge in [-0.3, -0.25) is 0 Å². The summed E-state index contributed by atoms with van der Waals surface area (Å²) in [6, 6.07) is 53.0. The monoisotopic (exact) mass is 746 g/mol. The average Bonchev–Trinajstić information content (AvgIpc) is 3.68. The first-order valence-corrected chi connectivity index (χ1v) is 20.7. The molecule has 57 heavy (non-hydrogen) atoms. The normalized spacial score (nSPS) is 17.0. The topological polar surface area (TPSA) is 25.8 Å². The lowest BCUT2D eigenvalue weighted by molar-refractivity contribution is 0.689. The Bertz CT molecular complexity index is 3010. The highest BCUT2D eigenvalue weighted by molar-refractivity contribution is 7.25. The lowest BCUT2D eigenvalue weighted by Crippen LogP contribution is -2.16. The van der Waals surface area contributed by atoms with Gasteiger partial charge >= 0.3 is 0 Å². The van der Waals surface area contributed by atoms with Crippen molar-refractivity contribution < 1.29 is 0 Å². The minimum absolute atomic E-state index is 0.279. The van der Waals surface area contributed by atoms with Gasteiger partial charge in [0.25, 0.3) is 0 Å². The second-order valence-electron chi connectivity index (χ2n) is 15.2. The van der Waals surface area contributed by atoms with Gasteiger partial charge in [-0.25, -0.2) is 9.97 Å². The Labute approximate surface area is 337 Å². The van der Waals surface area contributed by atoms with Crippen molar-refractivity contribution in [2.75, 3.05) is 0 Å². The minimum atomic E-state index is 0.279. The van der Waals surface area contributed by atoms with Crippen LogP contribution in [0, 0.1) is 5.92 Å². The maximum Gasteiger partial charge on any atom is 0.161 e. The van der Waals surface area contributed by atoms with Gasteiger partial charge in [0.05, 0.1) is 5.69 Å². The molecular formula is C54H38N2S. The number of nitrogens with zero attached hydrogens (tertiary/aromatic N) is 2. The molecule has 0 amide bonds. The van der Waals surface area contributed by atoms with Crippen LogP contribution in [-0.4, -0.2) is 9.97 Å². The van der Waals surface area contributed by atoms with E-state index in [4.69, 9.17) is 9.97 Å². The summed E-state index contributed by atoms with van der Waals surface area (Å²) in [7, 11) is 0. The largest absolute Gasteiger partial charge is 0.227 e. The average molecular weight is 747 g/mol. The lowest BCUT2D eigenvalue weighted by atomic mass is 9.73. The van der Waals surface area contributed by atoms with Crippen molar-refractivity contribution in [3.05, 3.63) is 216 Å². The van der Waals surface area contributed by atoms with Gasteiger partial charge < -0.3 is 0 Å². The van der Waals surface area contributed by atoms with Crippen molar-refractivity contribution in [3.8, 4) is 44.9 Å². The molecule has 8 aromatic rings. The third-order valence-electron chi connectivity index (χ3n) is 11.6. The van der Waals surface area contributed by atoms with Gasteiger partial charge in [-0.05, 0) is 111 Å². The summed E-state index contributed by atoms with van der Waals surface area (Å²) in [5, 5.41) is 2.31. The van der Waals surface area contributed by atoms with E-state index in [1.165, 1.54) is 60.2 Å². The first-order valence-electron chi connectivity index (χ1n) is 19.9. The van der Waals surface area contributed by atoms with Crippen molar-refractivity contribution in [2.45, 2.75) is 18.8 Å². The Morgan fingerprint density at radius 2 is 1.21 bits per heavy atom. The maximum absolute atomic E-state index is 5.49. The molecule has 2 nitrogen and oxygen atoms in total. The van der Waals surface area contributed by atoms with Crippen LogP contribution in [0.4, 0.5) is 0 Å². The molecule has 0 aliphatic heterocycles. The molecule has 0 fully saturated rings. The van der Waals surface area contributed by atoms with Gasteiger partial charge in [-0.2, -0.15) is 0 Å². The number of allylic oxidation sites excluding steroid dienone is 9. The maximum atomic E-state index is 5.49. The second-order valence-corrected chi connectivity index (χ2v) is 16.2. The molecule has 270 valence electrons. The highest BCUT2D eigenvalue weighted by Crippen LogP contribution is 2.46. The van der Waals surface area contributed by atoms with Gasteiger partial charge in [0.2, 0.25) is 0 Å². The molecule has 0 saturated carbocycles. The van der Waals surface area contributed by atoms with E-state index in [-0.39, 0.29) is 5.92 Å². The molecule has 2 unspecified atom stereocenters. The fourth-order valence-electron chi connectivity index (χ4n) is 8.88.